The number of rotatable bonds is 5. The molecule has 0 radical (unpaired) electrons. The van der Waals surface area contributed by atoms with E-state index in [1.807, 2.05) is 6.92 Å². The molecule has 9 nitrogen and oxygen atoms in total. The maximum Gasteiger partial charge on any atom is 0.349 e. The van der Waals surface area contributed by atoms with Gasteiger partial charge in [-0.05, 0) is 43.7 Å². The van der Waals surface area contributed by atoms with Crippen molar-refractivity contribution in [3.05, 3.63) is 70.7 Å². The number of aryl methyl sites for hydroxylation is 1. The van der Waals surface area contributed by atoms with Crippen molar-refractivity contribution in [2.45, 2.75) is 39.0 Å². The van der Waals surface area contributed by atoms with Crippen LogP contribution in [0.15, 0.2) is 32.6 Å². The summed E-state index contributed by atoms with van der Waals surface area (Å²) in [6.45, 7) is 3.49. The Balaban J connectivity index is 1.67. The summed E-state index contributed by atoms with van der Waals surface area (Å²) in [5, 5.41) is 10.6. The van der Waals surface area contributed by atoms with Gasteiger partial charge in [0.2, 0.25) is 5.88 Å². The number of hydrogen-bond acceptors (Lipinski definition) is 6. The molecule has 0 bridgehead atoms. The maximum absolute atomic E-state index is 12.2. The quantitative estimate of drug-likeness (QED) is 0.597. The summed E-state index contributed by atoms with van der Waals surface area (Å²) in [6.07, 6.45) is 3.36. The highest BCUT2D eigenvalue weighted by Gasteiger charge is 2.27. The van der Waals surface area contributed by atoms with Crippen LogP contribution in [0.5, 0.6) is 11.6 Å². The minimum Gasteiger partial charge on any atom is -0.434 e. The number of nitrogens with zero attached hydrogens (tertiary/aromatic N) is 3. The van der Waals surface area contributed by atoms with Crippen molar-refractivity contribution in [3.63, 3.8) is 0 Å². The van der Waals surface area contributed by atoms with Gasteiger partial charge in [-0.15, -0.1) is 5.10 Å². The van der Waals surface area contributed by atoms with Crippen molar-refractivity contribution >= 4 is 23.2 Å². The second-order valence-electron chi connectivity index (χ2n) is 7.57. The second-order valence-corrected chi connectivity index (χ2v) is 8.38. The molecule has 2 aromatic heterocycles. The lowest BCUT2D eigenvalue weighted by Gasteiger charge is -2.31. The van der Waals surface area contributed by atoms with Crippen molar-refractivity contribution in [2.75, 3.05) is 0 Å². The van der Waals surface area contributed by atoms with Crippen LogP contribution in [0, 0.1) is 12.8 Å². The second kappa shape index (κ2) is 8.32. The third-order valence-corrected chi connectivity index (χ3v) is 6.14. The van der Waals surface area contributed by atoms with Crippen LogP contribution in [0.2, 0.25) is 10.0 Å². The number of benzene rings is 1. The monoisotopic (exact) mass is 463 g/mol. The summed E-state index contributed by atoms with van der Waals surface area (Å²) in [7, 11) is 0. The summed E-state index contributed by atoms with van der Waals surface area (Å²) in [4.78, 5) is 38.0. The third kappa shape index (κ3) is 4.15. The number of hydrogen-bond donors (Lipinski definition) is 2. The van der Waals surface area contributed by atoms with Crippen LogP contribution in [0.1, 0.15) is 43.4 Å². The largest absolute Gasteiger partial charge is 0.434 e. The number of aromatic nitrogens is 5. The van der Waals surface area contributed by atoms with E-state index in [1.54, 1.807) is 6.07 Å². The van der Waals surface area contributed by atoms with Gasteiger partial charge in [-0.3, -0.25) is 14.6 Å². The molecular formula is C20H19Cl2N5O4. The molecule has 1 aromatic carbocycles. The number of nitrogens with one attached hydrogen (secondary N) is 2. The van der Waals surface area contributed by atoms with Gasteiger partial charge < -0.3 is 4.74 Å². The zero-order valence-electron chi connectivity index (χ0n) is 16.7. The Morgan fingerprint density at radius 3 is 2.42 bits per heavy atom. The highest BCUT2D eigenvalue weighted by atomic mass is 35.5. The van der Waals surface area contributed by atoms with Crippen molar-refractivity contribution in [1.29, 1.82) is 0 Å². The normalized spacial score (nSPS) is 14.8. The van der Waals surface area contributed by atoms with Crippen LogP contribution in [-0.4, -0.2) is 25.0 Å². The number of aromatic amines is 2. The van der Waals surface area contributed by atoms with Crippen LogP contribution in [0.25, 0.3) is 5.69 Å². The standard InChI is InChI=1S/C20H19Cl2N5O4/c1-9(11-4-3-5-11)13-8-16(24-25-19(13)29)31-17-14(21)6-12(7-15(17)22)27-20(30)23-18(28)10(2)26-27/h6-9,11H,3-5H2,1-2H3,(H,25,29)(H,23,28,30)/t9-/m1/s1. The predicted molar refractivity (Wildman–Crippen MR) is 116 cm³/mol. The maximum atomic E-state index is 12.2. The van der Waals surface area contributed by atoms with Crippen molar-refractivity contribution < 1.29 is 4.74 Å². The first kappa shape index (κ1) is 21.3. The molecule has 1 aliphatic rings. The SMILES string of the molecule is Cc1nn(-c2cc(Cl)c(Oc3cc([C@H](C)C4CCC4)c(=O)[nH]n3)c(Cl)c2)c(=O)[nH]c1=O. The van der Waals surface area contributed by atoms with E-state index < -0.39 is 11.2 Å². The van der Waals surface area contributed by atoms with Gasteiger partial charge in [-0.2, -0.15) is 9.78 Å². The fourth-order valence-corrected chi connectivity index (χ4v) is 4.07. The zero-order chi connectivity index (χ0) is 22.3. The van der Waals surface area contributed by atoms with E-state index in [2.05, 4.69) is 20.3 Å². The van der Waals surface area contributed by atoms with Gasteiger partial charge in [-0.1, -0.05) is 36.5 Å². The van der Waals surface area contributed by atoms with Gasteiger partial charge >= 0.3 is 5.69 Å². The molecule has 0 unspecified atom stereocenters. The van der Waals surface area contributed by atoms with Gasteiger partial charge in [0, 0.05) is 11.6 Å². The molecular weight excluding hydrogens is 445 g/mol. The van der Waals surface area contributed by atoms with Crippen LogP contribution >= 0.6 is 23.2 Å². The lowest BCUT2D eigenvalue weighted by Crippen LogP contribution is -2.32. The number of ether oxygens (including phenoxy) is 1. The van der Waals surface area contributed by atoms with Gasteiger partial charge in [0.05, 0.1) is 15.7 Å². The average molecular weight is 464 g/mol. The Morgan fingerprint density at radius 2 is 1.81 bits per heavy atom. The molecule has 4 rings (SSSR count). The Bertz CT molecular complexity index is 1300. The van der Waals surface area contributed by atoms with Crippen LogP contribution in [0.4, 0.5) is 0 Å². The number of H-pyrrole nitrogens is 2. The molecule has 2 heterocycles. The van der Waals surface area contributed by atoms with Gasteiger partial charge in [0.15, 0.2) is 5.75 Å². The van der Waals surface area contributed by atoms with Crippen molar-refractivity contribution in [2.24, 2.45) is 5.92 Å². The Labute approximate surface area is 186 Å². The lowest BCUT2D eigenvalue weighted by molar-refractivity contribution is 0.270. The summed E-state index contributed by atoms with van der Waals surface area (Å²) in [5.41, 5.74) is -0.600. The van der Waals surface area contributed by atoms with Crippen LogP contribution < -0.4 is 21.5 Å². The smallest absolute Gasteiger partial charge is 0.349 e. The van der Waals surface area contributed by atoms with Crippen LogP contribution in [-0.2, 0) is 0 Å². The molecule has 3 aromatic rings. The van der Waals surface area contributed by atoms with E-state index in [0.29, 0.717) is 11.5 Å². The Hall–Kier alpha value is -2.91. The molecule has 1 saturated carbocycles. The molecule has 0 spiro atoms. The van der Waals surface area contributed by atoms with E-state index >= 15 is 0 Å². The van der Waals surface area contributed by atoms with E-state index in [1.165, 1.54) is 25.5 Å². The minimum atomic E-state index is -0.728. The molecule has 1 fully saturated rings. The predicted octanol–water partition coefficient (Wildman–Crippen LogP) is 3.32. The summed E-state index contributed by atoms with van der Waals surface area (Å²) in [5.74, 6) is 0.808. The molecule has 11 heteroatoms. The molecule has 0 saturated heterocycles. The van der Waals surface area contributed by atoms with Crippen molar-refractivity contribution in [3.8, 4) is 17.3 Å². The third-order valence-electron chi connectivity index (χ3n) is 5.58. The summed E-state index contributed by atoms with van der Waals surface area (Å²) in [6, 6.07) is 4.46. The van der Waals surface area contributed by atoms with Gasteiger partial charge in [0.1, 0.15) is 5.69 Å². The summed E-state index contributed by atoms with van der Waals surface area (Å²) < 4.78 is 6.75. The first-order chi connectivity index (χ1) is 14.7. The zero-order valence-corrected chi connectivity index (χ0v) is 18.3. The minimum absolute atomic E-state index is 0.0811. The number of halogens is 2. The molecule has 0 amide bonds. The molecule has 31 heavy (non-hydrogen) atoms. The lowest BCUT2D eigenvalue weighted by atomic mass is 9.74. The van der Waals surface area contributed by atoms with Crippen LogP contribution in [0.3, 0.4) is 0 Å². The summed E-state index contributed by atoms with van der Waals surface area (Å²) >= 11 is 12.7. The van der Waals surface area contributed by atoms with Crippen molar-refractivity contribution in [1.82, 2.24) is 25.0 Å². The fraction of sp³-hybridized carbons (Fsp3) is 0.350. The van der Waals surface area contributed by atoms with E-state index in [0.717, 1.165) is 17.5 Å². The molecule has 1 atom stereocenters. The van der Waals surface area contributed by atoms with E-state index in [4.69, 9.17) is 27.9 Å². The molecule has 162 valence electrons. The van der Waals surface area contributed by atoms with Gasteiger partial charge in [0.25, 0.3) is 11.1 Å². The van der Waals surface area contributed by atoms with Gasteiger partial charge in [-0.25, -0.2) is 9.89 Å². The first-order valence-electron chi connectivity index (χ1n) is 9.71. The average Bonchev–Trinajstić information content (AvgIpc) is 2.67. The first-order valence-corrected chi connectivity index (χ1v) is 10.5. The molecule has 1 aliphatic carbocycles. The molecule has 2 N–H and O–H groups in total. The molecule has 0 aliphatic heterocycles. The highest BCUT2D eigenvalue weighted by Crippen LogP contribution is 2.40. The Kier molecular flexibility index (Phi) is 5.72. The highest BCUT2D eigenvalue weighted by molar-refractivity contribution is 6.37. The fourth-order valence-electron chi connectivity index (χ4n) is 3.51. The Morgan fingerprint density at radius 1 is 1.13 bits per heavy atom. The van der Waals surface area contributed by atoms with E-state index in [9.17, 15) is 14.4 Å². The topological polar surface area (TPSA) is 123 Å². The van der Waals surface area contributed by atoms with E-state index in [-0.39, 0.29) is 44.5 Å².